The summed E-state index contributed by atoms with van der Waals surface area (Å²) in [5.41, 5.74) is 0.956. The summed E-state index contributed by atoms with van der Waals surface area (Å²) in [5.74, 6) is 0. The van der Waals surface area contributed by atoms with Gasteiger partial charge in [-0.25, -0.2) is 0 Å². The fourth-order valence-corrected chi connectivity index (χ4v) is 4.98. The number of rotatable bonds is 13. The van der Waals surface area contributed by atoms with Crippen molar-refractivity contribution < 1.29 is 0 Å². The maximum atomic E-state index is 2.45. The summed E-state index contributed by atoms with van der Waals surface area (Å²) in [4.78, 5) is 0. The predicted molar refractivity (Wildman–Crippen MR) is 89.3 cm³/mol. The zero-order valence-corrected chi connectivity index (χ0v) is 14.4. The lowest BCUT2D eigenvalue weighted by Crippen LogP contribution is -2.02. The molecule has 0 saturated heterocycles. The average Bonchev–Trinajstić information content (AvgIpc) is 2.35. The van der Waals surface area contributed by atoms with E-state index < -0.39 is 0 Å². The van der Waals surface area contributed by atoms with Crippen molar-refractivity contribution in [3.63, 3.8) is 0 Å². The summed E-state index contributed by atoms with van der Waals surface area (Å²) < 4.78 is 0. The first kappa shape index (κ1) is 18.4. The molecule has 0 aromatic heterocycles. The van der Waals surface area contributed by atoms with Crippen LogP contribution in [0.3, 0.4) is 0 Å². The second-order valence-electron chi connectivity index (χ2n) is 5.96. The van der Waals surface area contributed by atoms with Gasteiger partial charge in [0.25, 0.3) is 0 Å². The van der Waals surface area contributed by atoms with Crippen molar-refractivity contribution in [2.24, 2.45) is 0 Å². The Morgan fingerprint density at radius 2 is 1.00 bits per heavy atom. The molecule has 0 radical (unpaired) electrons. The summed E-state index contributed by atoms with van der Waals surface area (Å²) in [5, 5.41) is 0. The molecule has 0 nitrogen and oxygen atoms in total. The van der Waals surface area contributed by atoms with Crippen LogP contribution in [0.25, 0.3) is 0 Å². The highest BCUT2D eigenvalue weighted by atomic mass is 31.1. The van der Waals surface area contributed by atoms with E-state index in [1.165, 1.54) is 64.2 Å². The maximum Gasteiger partial charge on any atom is -0.0266 e. The van der Waals surface area contributed by atoms with E-state index in [1.54, 1.807) is 12.3 Å². The van der Waals surface area contributed by atoms with Gasteiger partial charge >= 0.3 is 0 Å². The normalized spacial score (nSPS) is 11.7. The monoisotopic (exact) mass is 272 g/mol. The average molecular weight is 272 g/mol. The van der Waals surface area contributed by atoms with Crippen LogP contribution in [0.1, 0.15) is 91.9 Å². The van der Waals surface area contributed by atoms with Gasteiger partial charge in [0.15, 0.2) is 0 Å². The van der Waals surface area contributed by atoms with Crippen LogP contribution in [-0.2, 0) is 0 Å². The van der Waals surface area contributed by atoms with Gasteiger partial charge in [-0.1, -0.05) is 79.1 Å². The van der Waals surface area contributed by atoms with E-state index in [2.05, 4.69) is 27.7 Å². The SMILES string of the molecule is CCCCCCCP(CCCCCCC)C(C)C. The van der Waals surface area contributed by atoms with Gasteiger partial charge in [-0.3, -0.25) is 0 Å². The van der Waals surface area contributed by atoms with E-state index in [9.17, 15) is 0 Å². The maximum absolute atomic E-state index is 2.45. The second-order valence-corrected chi connectivity index (χ2v) is 9.06. The molecular formula is C17H37P. The van der Waals surface area contributed by atoms with Crippen LogP contribution in [0.4, 0.5) is 0 Å². The molecule has 0 aromatic carbocycles. The molecule has 0 aliphatic heterocycles. The molecule has 0 N–H and O–H groups in total. The Balaban J connectivity index is 3.53. The molecule has 0 fully saturated rings. The van der Waals surface area contributed by atoms with Gasteiger partial charge < -0.3 is 0 Å². The van der Waals surface area contributed by atoms with Crippen molar-refractivity contribution in [1.29, 1.82) is 0 Å². The Kier molecular flexibility index (Phi) is 14.2. The van der Waals surface area contributed by atoms with Crippen molar-refractivity contribution in [1.82, 2.24) is 0 Å². The summed E-state index contributed by atoms with van der Waals surface area (Å²) in [6.45, 7) is 9.50. The molecule has 0 spiro atoms. The molecule has 0 aromatic rings. The summed E-state index contributed by atoms with van der Waals surface area (Å²) in [6.07, 6.45) is 17.6. The van der Waals surface area contributed by atoms with E-state index in [1.807, 2.05) is 0 Å². The molecule has 0 unspecified atom stereocenters. The van der Waals surface area contributed by atoms with E-state index >= 15 is 0 Å². The lowest BCUT2D eigenvalue weighted by Gasteiger charge is -2.21. The van der Waals surface area contributed by atoms with E-state index in [0.717, 1.165) is 5.66 Å². The number of hydrogen-bond donors (Lipinski definition) is 0. The van der Waals surface area contributed by atoms with Crippen LogP contribution < -0.4 is 0 Å². The highest BCUT2D eigenvalue weighted by molar-refractivity contribution is 7.58. The lowest BCUT2D eigenvalue weighted by atomic mass is 10.2. The number of unbranched alkanes of at least 4 members (excludes halogenated alkanes) is 8. The van der Waals surface area contributed by atoms with Crippen molar-refractivity contribution >= 4 is 7.92 Å². The van der Waals surface area contributed by atoms with Crippen LogP contribution in [0.5, 0.6) is 0 Å². The Morgan fingerprint density at radius 3 is 1.33 bits per heavy atom. The minimum Gasteiger partial charge on any atom is -0.104 e. The van der Waals surface area contributed by atoms with E-state index in [4.69, 9.17) is 0 Å². The van der Waals surface area contributed by atoms with Crippen molar-refractivity contribution in [3.05, 3.63) is 0 Å². The zero-order valence-electron chi connectivity index (χ0n) is 13.5. The topological polar surface area (TPSA) is 0 Å². The first-order valence-corrected chi connectivity index (χ1v) is 10.2. The Hall–Kier alpha value is 0.430. The largest absolute Gasteiger partial charge is 0.104 e. The molecule has 0 rings (SSSR count). The Labute approximate surface area is 118 Å². The van der Waals surface area contributed by atoms with Crippen LogP contribution in [-0.4, -0.2) is 18.0 Å². The number of hydrogen-bond acceptors (Lipinski definition) is 0. The molecule has 110 valence electrons. The molecule has 0 atom stereocenters. The zero-order chi connectivity index (χ0) is 13.6. The molecule has 0 heterocycles. The predicted octanol–water partition coefficient (Wildman–Crippen LogP) is 6.82. The van der Waals surface area contributed by atoms with E-state index in [0.29, 0.717) is 7.92 Å². The Bertz CT molecular complexity index is 140. The third-order valence-electron chi connectivity index (χ3n) is 3.83. The molecule has 1 heteroatoms. The molecular weight excluding hydrogens is 235 g/mol. The fraction of sp³-hybridized carbons (Fsp3) is 1.00. The lowest BCUT2D eigenvalue weighted by molar-refractivity contribution is 0.651. The Morgan fingerprint density at radius 1 is 0.611 bits per heavy atom. The van der Waals surface area contributed by atoms with Crippen LogP contribution in [0.2, 0.25) is 0 Å². The standard InChI is InChI=1S/C17H37P/c1-5-7-9-11-13-15-18(17(3)4)16-14-12-10-8-6-2/h17H,5-16H2,1-4H3. The fourth-order valence-electron chi connectivity index (χ4n) is 2.47. The molecule has 0 aliphatic rings. The van der Waals surface area contributed by atoms with Crippen LogP contribution >= 0.6 is 7.92 Å². The third kappa shape index (κ3) is 11.5. The first-order valence-electron chi connectivity index (χ1n) is 8.46. The molecule has 0 amide bonds. The van der Waals surface area contributed by atoms with Gasteiger partial charge in [0.2, 0.25) is 0 Å². The molecule has 0 aliphatic carbocycles. The summed E-state index contributed by atoms with van der Waals surface area (Å²) in [6, 6.07) is 0. The third-order valence-corrected chi connectivity index (χ3v) is 7.07. The molecule has 0 bridgehead atoms. The quantitative estimate of drug-likeness (QED) is 0.255. The van der Waals surface area contributed by atoms with E-state index in [-0.39, 0.29) is 0 Å². The van der Waals surface area contributed by atoms with Crippen molar-refractivity contribution in [3.8, 4) is 0 Å². The molecule has 0 saturated carbocycles. The van der Waals surface area contributed by atoms with Gasteiger partial charge in [0.1, 0.15) is 0 Å². The second kappa shape index (κ2) is 13.9. The van der Waals surface area contributed by atoms with Gasteiger partial charge in [0.05, 0.1) is 0 Å². The highest BCUT2D eigenvalue weighted by Crippen LogP contribution is 2.43. The van der Waals surface area contributed by atoms with Crippen molar-refractivity contribution in [2.45, 2.75) is 97.6 Å². The smallest absolute Gasteiger partial charge is 0.0266 e. The van der Waals surface area contributed by atoms with Crippen LogP contribution in [0, 0.1) is 0 Å². The van der Waals surface area contributed by atoms with Gasteiger partial charge in [-0.15, -0.1) is 7.92 Å². The molecule has 18 heavy (non-hydrogen) atoms. The van der Waals surface area contributed by atoms with Gasteiger partial charge in [-0.2, -0.15) is 0 Å². The van der Waals surface area contributed by atoms with Crippen LogP contribution in [0.15, 0.2) is 0 Å². The first-order chi connectivity index (χ1) is 8.72. The summed E-state index contributed by atoms with van der Waals surface area (Å²) >= 11 is 0. The minimum atomic E-state index is 0.339. The van der Waals surface area contributed by atoms with Crippen molar-refractivity contribution in [2.75, 3.05) is 12.3 Å². The van der Waals surface area contributed by atoms with Gasteiger partial charge in [-0.05, 0) is 30.8 Å². The minimum absolute atomic E-state index is 0.339. The van der Waals surface area contributed by atoms with Gasteiger partial charge in [0, 0.05) is 0 Å². The summed E-state index contributed by atoms with van der Waals surface area (Å²) in [7, 11) is 0.339. The highest BCUT2D eigenvalue weighted by Gasteiger charge is 2.11.